The van der Waals surface area contributed by atoms with Gasteiger partial charge in [-0.15, -0.1) is 11.6 Å². The summed E-state index contributed by atoms with van der Waals surface area (Å²) in [4.78, 5) is 14.2. The van der Waals surface area contributed by atoms with Crippen molar-refractivity contribution < 1.29 is 9.18 Å². The first-order valence-corrected chi connectivity index (χ1v) is 7.42. The number of hydrogen-bond donors (Lipinski definition) is 0. The summed E-state index contributed by atoms with van der Waals surface area (Å²) in [6.45, 7) is 0.472. The first-order chi connectivity index (χ1) is 10.1. The van der Waals surface area contributed by atoms with Gasteiger partial charge in [0.25, 0.3) is 5.91 Å². The van der Waals surface area contributed by atoms with Crippen molar-refractivity contribution in [3.8, 4) is 0 Å². The maximum absolute atomic E-state index is 13.0. The molecule has 0 unspecified atom stereocenters. The molecule has 110 valence electrons. The molecule has 0 saturated carbocycles. The maximum atomic E-state index is 13.0. The Morgan fingerprint density at radius 3 is 2.48 bits per heavy atom. The highest BCUT2D eigenvalue weighted by Crippen LogP contribution is 2.22. The number of amides is 1. The van der Waals surface area contributed by atoms with Crippen molar-refractivity contribution in [3.05, 3.63) is 64.9 Å². The molecule has 5 heteroatoms. The molecule has 0 radical (unpaired) electrons. The van der Waals surface area contributed by atoms with Crippen LogP contribution in [0.3, 0.4) is 0 Å². The van der Waals surface area contributed by atoms with E-state index in [0.717, 1.165) is 0 Å². The van der Waals surface area contributed by atoms with Gasteiger partial charge in [-0.1, -0.05) is 17.7 Å². The number of alkyl halides is 1. The van der Waals surface area contributed by atoms with E-state index >= 15 is 0 Å². The minimum Gasteiger partial charge on any atom is -0.308 e. The summed E-state index contributed by atoms with van der Waals surface area (Å²) in [7, 11) is 0. The largest absolute Gasteiger partial charge is 0.308 e. The lowest BCUT2D eigenvalue weighted by molar-refractivity contribution is 0.0987. The molecule has 0 aliphatic carbocycles. The number of halogens is 3. The Morgan fingerprint density at radius 1 is 1.14 bits per heavy atom. The number of anilines is 1. The second-order valence-corrected chi connectivity index (χ2v) is 5.30. The van der Waals surface area contributed by atoms with Gasteiger partial charge >= 0.3 is 0 Å². The summed E-state index contributed by atoms with van der Waals surface area (Å²) in [5.41, 5.74) is 1.12. The third-order valence-corrected chi connectivity index (χ3v) is 3.47. The zero-order valence-corrected chi connectivity index (χ0v) is 12.7. The Labute approximate surface area is 133 Å². The molecule has 1 amide bonds. The second kappa shape index (κ2) is 7.43. The van der Waals surface area contributed by atoms with Gasteiger partial charge in [-0.2, -0.15) is 0 Å². The van der Waals surface area contributed by atoms with Gasteiger partial charge in [0.05, 0.1) is 0 Å². The van der Waals surface area contributed by atoms with Gasteiger partial charge in [0.1, 0.15) is 5.82 Å². The van der Waals surface area contributed by atoms with Crippen LogP contribution >= 0.6 is 23.2 Å². The fourth-order valence-corrected chi connectivity index (χ4v) is 2.26. The van der Waals surface area contributed by atoms with Crippen LogP contribution in [-0.2, 0) is 0 Å². The Kier molecular flexibility index (Phi) is 5.59. The van der Waals surface area contributed by atoms with Crippen molar-refractivity contribution in [3.63, 3.8) is 0 Å². The molecular formula is C16H14Cl2FNO. The van der Waals surface area contributed by atoms with Gasteiger partial charge in [0.15, 0.2) is 0 Å². The van der Waals surface area contributed by atoms with Gasteiger partial charge < -0.3 is 4.90 Å². The molecule has 2 aromatic rings. The Bertz CT molecular complexity index is 616. The Morgan fingerprint density at radius 2 is 1.86 bits per heavy atom. The molecule has 0 fully saturated rings. The molecule has 0 atom stereocenters. The van der Waals surface area contributed by atoms with Crippen molar-refractivity contribution in [1.82, 2.24) is 0 Å². The van der Waals surface area contributed by atoms with Crippen molar-refractivity contribution >= 4 is 34.8 Å². The molecular weight excluding hydrogens is 312 g/mol. The van der Waals surface area contributed by atoms with Crippen molar-refractivity contribution in [1.29, 1.82) is 0 Å². The fourth-order valence-electron chi connectivity index (χ4n) is 1.96. The van der Waals surface area contributed by atoms with Gasteiger partial charge in [0, 0.05) is 28.7 Å². The number of carbonyl (C=O) groups is 1. The zero-order valence-electron chi connectivity index (χ0n) is 11.2. The maximum Gasteiger partial charge on any atom is 0.258 e. The quantitative estimate of drug-likeness (QED) is 0.726. The number of benzene rings is 2. The molecule has 0 saturated heterocycles. The molecule has 21 heavy (non-hydrogen) atoms. The summed E-state index contributed by atoms with van der Waals surface area (Å²) in [6.07, 6.45) is 0.654. The van der Waals surface area contributed by atoms with E-state index in [-0.39, 0.29) is 11.7 Å². The van der Waals surface area contributed by atoms with Crippen LogP contribution in [0.1, 0.15) is 16.8 Å². The third kappa shape index (κ3) is 4.19. The minimum atomic E-state index is -0.374. The smallest absolute Gasteiger partial charge is 0.258 e. The van der Waals surface area contributed by atoms with Gasteiger partial charge in [0.2, 0.25) is 0 Å². The average Bonchev–Trinajstić information content (AvgIpc) is 2.48. The van der Waals surface area contributed by atoms with Gasteiger partial charge in [-0.3, -0.25) is 4.79 Å². The topological polar surface area (TPSA) is 20.3 Å². The number of nitrogens with zero attached hydrogens (tertiary/aromatic N) is 1. The molecule has 2 aromatic carbocycles. The van der Waals surface area contributed by atoms with Crippen LogP contribution in [0.4, 0.5) is 10.1 Å². The highest BCUT2D eigenvalue weighted by atomic mass is 35.5. The van der Waals surface area contributed by atoms with E-state index < -0.39 is 0 Å². The van der Waals surface area contributed by atoms with E-state index in [2.05, 4.69) is 0 Å². The predicted molar refractivity (Wildman–Crippen MR) is 84.9 cm³/mol. The van der Waals surface area contributed by atoms with Gasteiger partial charge in [-0.25, -0.2) is 4.39 Å². The lowest BCUT2D eigenvalue weighted by Gasteiger charge is -2.23. The highest BCUT2D eigenvalue weighted by molar-refractivity contribution is 6.31. The number of rotatable bonds is 5. The van der Waals surface area contributed by atoms with Gasteiger partial charge in [-0.05, 0) is 48.9 Å². The molecule has 0 N–H and O–H groups in total. The first kappa shape index (κ1) is 15.8. The van der Waals surface area contributed by atoms with Crippen LogP contribution in [0.15, 0.2) is 48.5 Å². The van der Waals surface area contributed by atoms with Crippen LogP contribution < -0.4 is 4.90 Å². The van der Waals surface area contributed by atoms with E-state index in [1.807, 2.05) is 6.07 Å². The van der Waals surface area contributed by atoms with E-state index in [1.54, 1.807) is 23.1 Å². The van der Waals surface area contributed by atoms with Crippen LogP contribution in [0.5, 0.6) is 0 Å². The van der Waals surface area contributed by atoms with Crippen LogP contribution in [0.25, 0.3) is 0 Å². The highest BCUT2D eigenvalue weighted by Gasteiger charge is 2.17. The first-order valence-electron chi connectivity index (χ1n) is 6.51. The zero-order chi connectivity index (χ0) is 15.2. The Balaban J connectivity index is 2.31. The summed E-state index contributed by atoms with van der Waals surface area (Å²) in [5, 5.41) is 0.551. The molecule has 0 bridgehead atoms. The standard InChI is InChI=1S/C16H14Cl2FNO/c17-9-2-10-20(15-4-1-3-13(18)11-15)16(21)12-5-7-14(19)8-6-12/h1,3-8,11H,2,9-10H2. The monoisotopic (exact) mass is 325 g/mol. The van der Waals surface area contributed by atoms with Crippen LogP contribution in [-0.4, -0.2) is 18.3 Å². The summed E-state index contributed by atoms with van der Waals surface area (Å²) in [6, 6.07) is 12.5. The summed E-state index contributed by atoms with van der Waals surface area (Å²) in [5.74, 6) is -0.127. The molecule has 2 nitrogen and oxygen atoms in total. The molecule has 0 heterocycles. The normalized spacial score (nSPS) is 10.4. The van der Waals surface area contributed by atoms with Crippen molar-refractivity contribution in [2.24, 2.45) is 0 Å². The van der Waals surface area contributed by atoms with E-state index in [1.165, 1.54) is 24.3 Å². The molecule has 0 aromatic heterocycles. The van der Waals surface area contributed by atoms with Crippen LogP contribution in [0.2, 0.25) is 5.02 Å². The summed E-state index contributed by atoms with van der Waals surface area (Å²) >= 11 is 11.7. The SMILES string of the molecule is O=C(c1ccc(F)cc1)N(CCCCl)c1cccc(Cl)c1. The number of hydrogen-bond acceptors (Lipinski definition) is 1. The lowest BCUT2D eigenvalue weighted by Crippen LogP contribution is -2.32. The third-order valence-electron chi connectivity index (χ3n) is 2.97. The fraction of sp³-hybridized carbons (Fsp3) is 0.188. The van der Waals surface area contributed by atoms with Crippen molar-refractivity contribution in [2.75, 3.05) is 17.3 Å². The molecule has 0 aliphatic rings. The van der Waals surface area contributed by atoms with E-state index in [4.69, 9.17) is 23.2 Å². The summed E-state index contributed by atoms with van der Waals surface area (Å²) < 4.78 is 13.0. The molecule has 0 spiro atoms. The second-order valence-electron chi connectivity index (χ2n) is 4.49. The molecule has 2 rings (SSSR count). The van der Waals surface area contributed by atoms with Crippen LogP contribution in [0, 0.1) is 5.82 Å². The van der Waals surface area contributed by atoms with Crippen molar-refractivity contribution in [2.45, 2.75) is 6.42 Å². The van der Waals surface area contributed by atoms with E-state index in [0.29, 0.717) is 35.1 Å². The predicted octanol–water partition coefficient (Wildman–Crippen LogP) is 4.75. The lowest BCUT2D eigenvalue weighted by atomic mass is 10.1. The minimum absolute atomic E-state index is 0.206. The average molecular weight is 326 g/mol. The number of carbonyl (C=O) groups excluding carboxylic acids is 1. The molecule has 0 aliphatic heterocycles. The van der Waals surface area contributed by atoms with E-state index in [9.17, 15) is 9.18 Å². The Hall–Kier alpha value is -1.58.